The maximum Gasteiger partial charge on any atom is 0.325 e. The van der Waals surface area contributed by atoms with Crippen LogP contribution in [0.15, 0.2) is 30.3 Å². The highest BCUT2D eigenvalue weighted by Crippen LogP contribution is 2.18. The fourth-order valence-corrected chi connectivity index (χ4v) is 2.00. The molecule has 0 radical (unpaired) electrons. The fourth-order valence-electron chi connectivity index (χ4n) is 2.00. The topological polar surface area (TPSA) is 114 Å². The molecule has 0 unspecified atom stereocenters. The van der Waals surface area contributed by atoms with Gasteiger partial charge in [-0.2, -0.15) is 0 Å². The van der Waals surface area contributed by atoms with E-state index in [1.54, 1.807) is 24.3 Å². The zero-order valence-electron chi connectivity index (χ0n) is 15.1. The molecule has 1 aliphatic rings. The summed E-state index contributed by atoms with van der Waals surface area (Å²) in [5.41, 5.74) is 0. The lowest BCUT2D eigenvalue weighted by Gasteiger charge is -2.16. The van der Waals surface area contributed by atoms with Crippen LogP contribution in [0.2, 0.25) is 0 Å². The van der Waals surface area contributed by atoms with Crippen LogP contribution in [0.1, 0.15) is 12.8 Å². The monoisotopic (exact) mass is 377 g/mol. The Morgan fingerprint density at radius 3 is 2.44 bits per heavy atom. The minimum absolute atomic E-state index is 0.0968. The predicted octanol–water partition coefficient (Wildman–Crippen LogP) is -0.538. The number of ether oxygens (including phenoxy) is 2. The fraction of sp³-hybridized carbons (Fsp3) is 0.444. The average molecular weight is 377 g/mol. The van der Waals surface area contributed by atoms with Gasteiger partial charge in [-0.25, -0.2) is 0 Å². The van der Waals surface area contributed by atoms with Crippen molar-refractivity contribution in [2.45, 2.75) is 18.9 Å². The van der Waals surface area contributed by atoms with E-state index >= 15 is 0 Å². The van der Waals surface area contributed by atoms with Crippen LogP contribution in [-0.4, -0.2) is 68.0 Å². The largest absolute Gasteiger partial charge is 0.484 e. The van der Waals surface area contributed by atoms with Crippen LogP contribution < -0.4 is 15.4 Å². The van der Waals surface area contributed by atoms with E-state index in [1.807, 2.05) is 6.07 Å². The molecule has 1 saturated carbocycles. The van der Waals surface area contributed by atoms with Gasteiger partial charge in [-0.1, -0.05) is 18.2 Å². The summed E-state index contributed by atoms with van der Waals surface area (Å²) in [6, 6.07) is 8.99. The lowest BCUT2D eigenvalue weighted by molar-refractivity contribution is -0.151. The Bertz CT molecular complexity index is 675. The molecule has 146 valence electrons. The number of esters is 1. The minimum atomic E-state index is -0.757. The molecule has 0 bridgehead atoms. The number of nitrogens with zero attached hydrogens (tertiary/aromatic N) is 1. The smallest absolute Gasteiger partial charge is 0.325 e. The molecule has 1 aliphatic carbocycles. The van der Waals surface area contributed by atoms with E-state index in [4.69, 9.17) is 9.47 Å². The molecule has 0 aromatic heterocycles. The summed E-state index contributed by atoms with van der Waals surface area (Å²) in [6.45, 7) is -1.21. The first kappa shape index (κ1) is 20.2. The second-order valence-corrected chi connectivity index (χ2v) is 6.13. The van der Waals surface area contributed by atoms with Crippen molar-refractivity contribution in [3.63, 3.8) is 0 Å². The number of carbonyl (C=O) groups is 4. The van der Waals surface area contributed by atoms with Gasteiger partial charge in [0.1, 0.15) is 12.3 Å². The summed E-state index contributed by atoms with van der Waals surface area (Å²) in [5.74, 6) is -1.46. The second kappa shape index (κ2) is 10.1. The highest BCUT2D eigenvalue weighted by Gasteiger charge is 2.24. The lowest BCUT2D eigenvalue weighted by Crippen LogP contribution is -2.41. The number of likely N-dealkylation sites (N-methyl/N-ethyl adjacent to an activating group) is 1. The van der Waals surface area contributed by atoms with Gasteiger partial charge in [0.05, 0.1) is 6.54 Å². The summed E-state index contributed by atoms with van der Waals surface area (Å²) < 4.78 is 10.0. The van der Waals surface area contributed by atoms with Crippen molar-refractivity contribution in [1.29, 1.82) is 0 Å². The van der Waals surface area contributed by atoms with Gasteiger partial charge in [-0.05, 0) is 25.0 Å². The molecule has 3 amide bonds. The number of hydrogen-bond donors (Lipinski definition) is 2. The van der Waals surface area contributed by atoms with Gasteiger partial charge in [0.15, 0.2) is 13.2 Å². The van der Waals surface area contributed by atoms with Crippen molar-refractivity contribution in [2.75, 3.05) is 33.4 Å². The Morgan fingerprint density at radius 2 is 1.78 bits per heavy atom. The number of nitrogens with one attached hydrogen (secondary N) is 2. The molecular formula is C18H23N3O6. The van der Waals surface area contributed by atoms with E-state index in [-0.39, 0.29) is 31.6 Å². The molecule has 1 fully saturated rings. The summed E-state index contributed by atoms with van der Waals surface area (Å²) in [6.07, 6.45) is 1.92. The third-order valence-electron chi connectivity index (χ3n) is 3.65. The first-order chi connectivity index (χ1) is 12.9. The third kappa shape index (κ3) is 8.21. The van der Waals surface area contributed by atoms with E-state index in [0.29, 0.717) is 5.75 Å². The summed E-state index contributed by atoms with van der Waals surface area (Å²) in [4.78, 5) is 47.9. The standard InChI is InChI=1S/C18H23N3O6/c1-21(10-15(22)20-13-7-8-13)17(24)12-27-18(25)9-19-16(23)11-26-14-5-3-2-4-6-14/h2-6,13H,7-12H2,1H3,(H,19,23)(H,20,22). The van der Waals surface area contributed by atoms with Crippen molar-refractivity contribution in [3.05, 3.63) is 30.3 Å². The van der Waals surface area contributed by atoms with Crippen molar-refractivity contribution in [3.8, 4) is 5.75 Å². The Kier molecular flexibility index (Phi) is 7.60. The molecular weight excluding hydrogens is 354 g/mol. The number of hydrogen-bond acceptors (Lipinski definition) is 6. The van der Waals surface area contributed by atoms with Crippen LogP contribution >= 0.6 is 0 Å². The van der Waals surface area contributed by atoms with Crippen LogP contribution in [0.4, 0.5) is 0 Å². The molecule has 0 heterocycles. The van der Waals surface area contributed by atoms with E-state index < -0.39 is 24.4 Å². The molecule has 27 heavy (non-hydrogen) atoms. The average Bonchev–Trinajstić information content (AvgIpc) is 3.47. The SMILES string of the molecule is CN(CC(=O)NC1CC1)C(=O)COC(=O)CNC(=O)COc1ccccc1. The van der Waals surface area contributed by atoms with Gasteiger partial charge >= 0.3 is 5.97 Å². The van der Waals surface area contributed by atoms with E-state index in [9.17, 15) is 19.2 Å². The number of benzene rings is 1. The Labute approximate surface area is 157 Å². The number of rotatable bonds is 10. The van der Waals surface area contributed by atoms with Gasteiger partial charge < -0.3 is 25.0 Å². The number of para-hydroxylation sites is 1. The van der Waals surface area contributed by atoms with Crippen molar-refractivity contribution >= 4 is 23.7 Å². The van der Waals surface area contributed by atoms with E-state index in [0.717, 1.165) is 12.8 Å². The molecule has 2 rings (SSSR count). The highest BCUT2D eigenvalue weighted by atomic mass is 16.5. The molecule has 1 aromatic rings. The van der Waals surface area contributed by atoms with Gasteiger partial charge in [0, 0.05) is 13.1 Å². The molecule has 0 spiro atoms. The first-order valence-electron chi connectivity index (χ1n) is 8.57. The van der Waals surface area contributed by atoms with Crippen LogP contribution in [0.5, 0.6) is 5.75 Å². The first-order valence-corrected chi connectivity index (χ1v) is 8.57. The van der Waals surface area contributed by atoms with Gasteiger partial charge in [-0.15, -0.1) is 0 Å². The van der Waals surface area contributed by atoms with Crippen LogP contribution in [0.3, 0.4) is 0 Å². The van der Waals surface area contributed by atoms with Gasteiger partial charge in [-0.3, -0.25) is 19.2 Å². The van der Waals surface area contributed by atoms with Crippen LogP contribution in [-0.2, 0) is 23.9 Å². The van der Waals surface area contributed by atoms with Crippen LogP contribution in [0.25, 0.3) is 0 Å². The van der Waals surface area contributed by atoms with Crippen molar-refractivity contribution < 1.29 is 28.7 Å². The Balaban J connectivity index is 1.56. The normalized spacial score (nSPS) is 12.6. The molecule has 9 nitrogen and oxygen atoms in total. The quantitative estimate of drug-likeness (QED) is 0.530. The maximum absolute atomic E-state index is 11.8. The van der Waals surface area contributed by atoms with Crippen molar-refractivity contribution in [2.24, 2.45) is 0 Å². The van der Waals surface area contributed by atoms with Gasteiger partial charge in [0.2, 0.25) is 5.91 Å². The molecule has 1 aromatic carbocycles. The molecule has 2 N–H and O–H groups in total. The van der Waals surface area contributed by atoms with E-state index in [2.05, 4.69) is 10.6 Å². The predicted molar refractivity (Wildman–Crippen MR) is 94.7 cm³/mol. The maximum atomic E-state index is 11.8. The second-order valence-electron chi connectivity index (χ2n) is 6.13. The summed E-state index contributed by atoms with van der Waals surface area (Å²) in [5, 5.41) is 5.10. The molecule has 0 aliphatic heterocycles. The zero-order chi connectivity index (χ0) is 19.6. The van der Waals surface area contributed by atoms with E-state index in [1.165, 1.54) is 11.9 Å². The number of carbonyl (C=O) groups excluding carboxylic acids is 4. The Hall–Kier alpha value is -3.10. The molecule has 0 saturated heterocycles. The molecule has 0 atom stereocenters. The van der Waals surface area contributed by atoms with Gasteiger partial charge in [0.25, 0.3) is 11.8 Å². The zero-order valence-corrected chi connectivity index (χ0v) is 15.1. The summed E-state index contributed by atoms with van der Waals surface area (Å²) >= 11 is 0. The summed E-state index contributed by atoms with van der Waals surface area (Å²) in [7, 11) is 1.45. The third-order valence-corrected chi connectivity index (χ3v) is 3.65. The van der Waals surface area contributed by atoms with Crippen LogP contribution in [0, 0.1) is 0 Å². The molecule has 9 heteroatoms. The Morgan fingerprint density at radius 1 is 1.07 bits per heavy atom. The number of amides is 3. The highest BCUT2D eigenvalue weighted by molar-refractivity contribution is 5.87. The minimum Gasteiger partial charge on any atom is -0.484 e. The van der Waals surface area contributed by atoms with Crippen molar-refractivity contribution in [1.82, 2.24) is 15.5 Å². The lowest BCUT2D eigenvalue weighted by atomic mass is 10.3.